The number of nitrogens with zero attached hydrogens (tertiary/aromatic N) is 3. The van der Waals surface area contributed by atoms with E-state index in [4.69, 9.17) is 23.2 Å². The van der Waals surface area contributed by atoms with Gasteiger partial charge in [-0.25, -0.2) is 8.42 Å². The van der Waals surface area contributed by atoms with E-state index in [-0.39, 0.29) is 31.9 Å². The molecule has 3 aromatic rings. The highest BCUT2D eigenvalue weighted by atomic mass is 35.5. The second-order valence-corrected chi connectivity index (χ2v) is 11.0. The van der Waals surface area contributed by atoms with E-state index in [1.165, 1.54) is 27.3 Å². The lowest BCUT2D eigenvalue weighted by Gasteiger charge is -2.26. The van der Waals surface area contributed by atoms with Crippen molar-refractivity contribution in [2.45, 2.75) is 37.6 Å². The van der Waals surface area contributed by atoms with Gasteiger partial charge in [0.15, 0.2) is 5.69 Å². The average molecular weight is 550 g/mol. The second-order valence-electron chi connectivity index (χ2n) is 8.25. The van der Waals surface area contributed by atoms with Crippen LogP contribution >= 0.6 is 23.2 Å². The number of halogens is 2. The number of hydrogen-bond acceptors (Lipinski definition) is 5. The Hall–Kier alpha value is -2.92. The molecule has 2 amide bonds. The zero-order valence-corrected chi connectivity index (χ0v) is 21.8. The molecule has 0 unspecified atom stereocenters. The predicted molar refractivity (Wildman–Crippen MR) is 139 cm³/mol. The Morgan fingerprint density at radius 1 is 0.972 bits per heavy atom. The molecule has 1 saturated heterocycles. The Balaban J connectivity index is 1.63. The third-order valence-electron chi connectivity index (χ3n) is 5.78. The molecule has 36 heavy (non-hydrogen) atoms. The third-order valence-corrected chi connectivity index (χ3v) is 8.46. The number of aromatic nitrogens is 2. The van der Waals surface area contributed by atoms with Gasteiger partial charge in [-0.15, -0.1) is 0 Å². The minimum Gasteiger partial charge on any atom is -0.321 e. The molecule has 0 bridgehead atoms. The molecule has 1 aliphatic heterocycles. The van der Waals surface area contributed by atoms with Gasteiger partial charge in [0.1, 0.15) is 4.90 Å². The van der Waals surface area contributed by atoms with Crippen LogP contribution in [0.3, 0.4) is 0 Å². The largest absolute Gasteiger partial charge is 0.321 e. The van der Waals surface area contributed by atoms with Crippen molar-refractivity contribution in [1.82, 2.24) is 14.1 Å². The van der Waals surface area contributed by atoms with Crippen LogP contribution < -0.4 is 10.6 Å². The van der Waals surface area contributed by atoms with E-state index < -0.39 is 21.8 Å². The zero-order chi connectivity index (χ0) is 25.9. The van der Waals surface area contributed by atoms with Gasteiger partial charge in [-0.3, -0.25) is 14.3 Å². The minimum atomic E-state index is -3.91. The number of amides is 2. The van der Waals surface area contributed by atoms with Crippen molar-refractivity contribution in [2.24, 2.45) is 0 Å². The van der Waals surface area contributed by atoms with Crippen LogP contribution in [-0.2, 0) is 16.6 Å². The summed E-state index contributed by atoms with van der Waals surface area (Å²) in [5.41, 5.74) is 0.636. The lowest BCUT2D eigenvalue weighted by Crippen LogP contribution is -2.35. The van der Waals surface area contributed by atoms with Crippen molar-refractivity contribution in [1.29, 1.82) is 0 Å². The van der Waals surface area contributed by atoms with Crippen molar-refractivity contribution in [3.8, 4) is 0 Å². The SMILES string of the molecule is CCn1cc(NC(=O)c2cc(S(=O)(=O)N3CCCCC3)c(Cl)cc2Cl)c(C(=O)Nc2ccccc2)n1. The Morgan fingerprint density at radius 2 is 1.67 bits per heavy atom. The molecular formula is C24H25Cl2N5O4S. The molecule has 2 N–H and O–H groups in total. The molecule has 2 heterocycles. The molecule has 2 aromatic carbocycles. The van der Waals surface area contributed by atoms with Crippen LogP contribution in [0.5, 0.6) is 0 Å². The van der Waals surface area contributed by atoms with Gasteiger partial charge in [-0.2, -0.15) is 9.40 Å². The van der Waals surface area contributed by atoms with Crippen LogP contribution in [0.4, 0.5) is 11.4 Å². The van der Waals surface area contributed by atoms with E-state index in [1.54, 1.807) is 24.3 Å². The first-order valence-electron chi connectivity index (χ1n) is 11.4. The third kappa shape index (κ3) is 5.57. The highest BCUT2D eigenvalue weighted by molar-refractivity contribution is 7.89. The summed E-state index contributed by atoms with van der Waals surface area (Å²) >= 11 is 12.5. The van der Waals surface area contributed by atoms with E-state index in [2.05, 4.69) is 15.7 Å². The fourth-order valence-electron chi connectivity index (χ4n) is 3.89. The molecule has 0 radical (unpaired) electrons. The summed E-state index contributed by atoms with van der Waals surface area (Å²) in [4.78, 5) is 25.9. The van der Waals surface area contributed by atoms with Gasteiger partial charge >= 0.3 is 0 Å². The molecule has 9 nitrogen and oxygen atoms in total. The molecule has 0 spiro atoms. The van der Waals surface area contributed by atoms with Gasteiger partial charge in [-0.1, -0.05) is 47.8 Å². The van der Waals surface area contributed by atoms with E-state index in [1.807, 2.05) is 13.0 Å². The highest BCUT2D eigenvalue weighted by Gasteiger charge is 2.30. The summed E-state index contributed by atoms with van der Waals surface area (Å²) in [6.45, 7) is 3.07. The fraction of sp³-hybridized carbons (Fsp3) is 0.292. The molecule has 1 aromatic heterocycles. The summed E-state index contributed by atoms with van der Waals surface area (Å²) in [6, 6.07) is 11.3. The number of sulfonamides is 1. The van der Waals surface area contributed by atoms with Crippen LogP contribution in [0.2, 0.25) is 10.0 Å². The van der Waals surface area contributed by atoms with E-state index in [0.29, 0.717) is 25.3 Å². The highest BCUT2D eigenvalue weighted by Crippen LogP contribution is 2.32. The second kappa shape index (κ2) is 11.0. The number of benzene rings is 2. The molecule has 1 aliphatic rings. The van der Waals surface area contributed by atoms with Gasteiger partial charge in [0.2, 0.25) is 10.0 Å². The molecule has 190 valence electrons. The first-order chi connectivity index (χ1) is 17.2. The van der Waals surface area contributed by atoms with E-state index in [9.17, 15) is 18.0 Å². The van der Waals surface area contributed by atoms with E-state index in [0.717, 1.165) is 19.3 Å². The smallest absolute Gasteiger partial charge is 0.278 e. The number of piperidine rings is 1. The fourth-order valence-corrected chi connectivity index (χ4v) is 6.24. The summed E-state index contributed by atoms with van der Waals surface area (Å²) in [5.74, 6) is -1.21. The number of anilines is 2. The number of carbonyl (C=O) groups is 2. The van der Waals surface area contributed by atoms with Crippen molar-refractivity contribution < 1.29 is 18.0 Å². The molecule has 4 rings (SSSR count). The lowest BCUT2D eigenvalue weighted by atomic mass is 10.2. The standard InChI is InChI=1S/C24H25Cl2N5O4S/c1-2-30-15-20(22(29-30)24(33)27-16-9-5-3-6-10-16)28-23(32)17-13-21(19(26)14-18(17)25)36(34,35)31-11-7-4-8-12-31/h3,5-6,9-10,13-15H,2,4,7-8,11-12H2,1H3,(H,27,33)(H,28,32). The molecular weight excluding hydrogens is 525 g/mol. The number of rotatable bonds is 7. The number of hydrogen-bond donors (Lipinski definition) is 2. The Morgan fingerprint density at radius 3 is 2.33 bits per heavy atom. The first-order valence-corrected chi connectivity index (χ1v) is 13.6. The molecule has 0 saturated carbocycles. The molecule has 12 heteroatoms. The summed E-state index contributed by atoms with van der Waals surface area (Å²) in [7, 11) is -3.91. The first kappa shape index (κ1) is 26.2. The van der Waals surface area contributed by atoms with Gasteiger partial charge in [0.25, 0.3) is 11.8 Å². The summed E-state index contributed by atoms with van der Waals surface area (Å²) in [5, 5.41) is 9.56. The summed E-state index contributed by atoms with van der Waals surface area (Å²) < 4.78 is 29.3. The normalized spacial score (nSPS) is 14.4. The van der Waals surface area contributed by atoms with Crippen molar-refractivity contribution in [3.05, 3.63) is 70.0 Å². The monoisotopic (exact) mass is 549 g/mol. The van der Waals surface area contributed by atoms with Crippen LogP contribution in [0.15, 0.2) is 53.6 Å². The summed E-state index contributed by atoms with van der Waals surface area (Å²) in [6.07, 6.45) is 3.99. The van der Waals surface area contributed by atoms with Gasteiger partial charge in [-0.05, 0) is 44.0 Å². The average Bonchev–Trinajstić information content (AvgIpc) is 3.28. The number of aryl methyl sites for hydroxylation is 1. The maximum Gasteiger partial charge on any atom is 0.278 e. The van der Waals surface area contributed by atoms with Crippen LogP contribution in [0.25, 0.3) is 0 Å². The van der Waals surface area contributed by atoms with Crippen molar-refractivity contribution in [2.75, 3.05) is 23.7 Å². The zero-order valence-electron chi connectivity index (χ0n) is 19.5. The molecule has 0 aliphatic carbocycles. The Kier molecular flexibility index (Phi) is 7.99. The van der Waals surface area contributed by atoms with Crippen molar-refractivity contribution in [3.63, 3.8) is 0 Å². The van der Waals surface area contributed by atoms with Gasteiger partial charge < -0.3 is 10.6 Å². The van der Waals surface area contributed by atoms with Crippen molar-refractivity contribution >= 4 is 56.4 Å². The Labute approximate surface area is 219 Å². The van der Waals surface area contributed by atoms with Gasteiger partial charge in [0, 0.05) is 31.5 Å². The molecule has 1 fully saturated rings. The maximum absolute atomic E-state index is 13.2. The topological polar surface area (TPSA) is 113 Å². The maximum atomic E-state index is 13.2. The predicted octanol–water partition coefficient (Wildman–Crippen LogP) is 4.89. The number of carbonyl (C=O) groups excluding carboxylic acids is 2. The Bertz CT molecular complexity index is 1390. The van der Waals surface area contributed by atoms with Crippen LogP contribution in [0.1, 0.15) is 47.0 Å². The number of nitrogens with one attached hydrogen (secondary N) is 2. The van der Waals surface area contributed by atoms with Crippen LogP contribution in [-0.4, -0.2) is 47.4 Å². The van der Waals surface area contributed by atoms with Crippen LogP contribution in [0, 0.1) is 0 Å². The number of para-hydroxylation sites is 1. The van der Waals surface area contributed by atoms with E-state index >= 15 is 0 Å². The quantitative estimate of drug-likeness (QED) is 0.435. The molecule has 0 atom stereocenters. The minimum absolute atomic E-state index is 0.000278. The van der Waals surface area contributed by atoms with Gasteiger partial charge in [0.05, 0.1) is 21.3 Å². The lowest BCUT2D eigenvalue weighted by molar-refractivity contribution is 0.102.